The van der Waals surface area contributed by atoms with Crippen LogP contribution in [0.1, 0.15) is 0 Å². The Morgan fingerprint density at radius 1 is 1.33 bits per heavy atom. The van der Waals surface area contributed by atoms with Gasteiger partial charge < -0.3 is 9.88 Å². The number of fused-ring (bicyclic) bond motifs is 1. The van der Waals surface area contributed by atoms with Crippen LogP contribution in [0.2, 0.25) is 0 Å². The first-order valence-corrected chi connectivity index (χ1v) is 9.69. The molecule has 0 atom stereocenters. The molecule has 0 spiro atoms. The maximum absolute atomic E-state index is 13.2. The van der Waals surface area contributed by atoms with Gasteiger partial charge in [0.25, 0.3) is 0 Å². The summed E-state index contributed by atoms with van der Waals surface area (Å²) in [5.41, 5.74) is 1.50. The molecule has 0 bridgehead atoms. The van der Waals surface area contributed by atoms with Crippen molar-refractivity contribution in [3.63, 3.8) is 0 Å². The van der Waals surface area contributed by atoms with Crippen LogP contribution in [0, 0.1) is 5.82 Å². The molecule has 1 amide bonds. The van der Waals surface area contributed by atoms with Crippen molar-refractivity contribution >= 4 is 44.4 Å². The number of nitrogens with zero attached hydrogens (tertiary/aromatic N) is 5. The standard InChI is InChI=1S/C17H13FN6OS2/c1-24-15(10-3-2-6-19-8-10)22-23-17(24)26-9-14(25)21-16-20-12-5-4-11(18)7-13(12)27-16/h2-8H,9H2,1H3,(H,20,21,25). The fraction of sp³-hybridized carbons (Fsp3) is 0.118. The number of nitrogens with one attached hydrogen (secondary N) is 1. The van der Waals surface area contributed by atoms with Gasteiger partial charge >= 0.3 is 0 Å². The third kappa shape index (κ3) is 3.81. The average molecular weight is 400 g/mol. The second kappa shape index (κ2) is 7.41. The summed E-state index contributed by atoms with van der Waals surface area (Å²) >= 11 is 2.51. The summed E-state index contributed by atoms with van der Waals surface area (Å²) in [5.74, 6) is 0.291. The van der Waals surface area contributed by atoms with Gasteiger partial charge in [-0.2, -0.15) is 0 Å². The van der Waals surface area contributed by atoms with E-state index in [0.717, 1.165) is 5.56 Å². The number of pyridine rings is 1. The molecule has 0 fully saturated rings. The number of halogens is 1. The predicted octanol–water partition coefficient (Wildman–Crippen LogP) is 3.36. The lowest BCUT2D eigenvalue weighted by molar-refractivity contribution is -0.113. The Kier molecular flexibility index (Phi) is 4.82. The van der Waals surface area contributed by atoms with Crippen LogP contribution in [0.25, 0.3) is 21.6 Å². The van der Waals surface area contributed by atoms with Crippen molar-refractivity contribution in [3.05, 3.63) is 48.5 Å². The summed E-state index contributed by atoms with van der Waals surface area (Å²) in [6.07, 6.45) is 3.40. The van der Waals surface area contributed by atoms with Crippen molar-refractivity contribution in [1.82, 2.24) is 24.7 Å². The molecule has 3 aromatic heterocycles. The molecule has 3 heterocycles. The molecule has 4 rings (SSSR count). The summed E-state index contributed by atoms with van der Waals surface area (Å²) in [7, 11) is 1.84. The second-order valence-corrected chi connectivity index (χ2v) is 7.55. The molecule has 0 unspecified atom stereocenters. The molecule has 0 aliphatic carbocycles. The Morgan fingerprint density at radius 3 is 3.04 bits per heavy atom. The number of carbonyl (C=O) groups is 1. The van der Waals surface area contributed by atoms with Gasteiger partial charge in [-0.1, -0.05) is 23.1 Å². The number of thioether (sulfide) groups is 1. The minimum absolute atomic E-state index is 0.156. The van der Waals surface area contributed by atoms with E-state index in [1.165, 1.54) is 35.2 Å². The zero-order valence-corrected chi connectivity index (χ0v) is 15.7. The summed E-state index contributed by atoms with van der Waals surface area (Å²) < 4.78 is 15.8. The van der Waals surface area contributed by atoms with Crippen LogP contribution >= 0.6 is 23.1 Å². The molecule has 0 saturated heterocycles. The van der Waals surface area contributed by atoms with Gasteiger partial charge in [0.2, 0.25) is 5.91 Å². The van der Waals surface area contributed by atoms with E-state index in [-0.39, 0.29) is 17.5 Å². The van der Waals surface area contributed by atoms with Gasteiger partial charge in [-0.25, -0.2) is 9.37 Å². The second-order valence-electron chi connectivity index (χ2n) is 5.57. The molecule has 0 aliphatic heterocycles. The maximum atomic E-state index is 13.2. The molecule has 10 heteroatoms. The molecular formula is C17H13FN6OS2. The highest BCUT2D eigenvalue weighted by molar-refractivity contribution is 7.99. The van der Waals surface area contributed by atoms with E-state index < -0.39 is 0 Å². The van der Waals surface area contributed by atoms with Gasteiger partial charge in [0.15, 0.2) is 16.1 Å². The average Bonchev–Trinajstić information content (AvgIpc) is 3.23. The van der Waals surface area contributed by atoms with Crippen LogP contribution in [0.15, 0.2) is 47.9 Å². The van der Waals surface area contributed by atoms with E-state index in [9.17, 15) is 9.18 Å². The van der Waals surface area contributed by atoms with Gasteiger partial charge in [-0.3, -0.25) is 9.78 Å². The Labute approximate surface area is 161 Å². The first-order valence-electron chi connectivity index (χ1n) is 7.89. The number of benzene rings is 1. The molecule has 7 nitrogen and oxygen atoms in total. The van der Waals surface area contributed by atoms with Gasteiger partial charge in [-0.15, -0.1) is 10.2 Å². The van der Waals surface area contributed by atoms with Crippen LogP contribution in [0.5, 0.6) is 0 Å². The smallest absolute Gasteiger partial charge is 0.236 e. The Hall–Kier alpha value is -2.85. The number of hydrogen-bond donors (Lipinski definition) is 1. The molecule has 27 heavy (non-hydrogen) atoms. The third-order valence-corrected chi connectivity index (χ3v) is 5.64. The lowest BCUT2D eigenvalue weighted by atomic mass is 10.3. The van der Waals surface area contributed by atoms with Gasteiger partial charge in [0, 0.05) is 25.0 Å². The summed E-state index contributed by atoms with van der Waals surface area (Å²) in [6.45, 7) is 0. The van der Waals surface area contributed by atoms with E-state index >= 15 is 0 Å². The minimum atomic E-state index is -0.328. The quantitative estimate of drug-likeness (QED) is 0.517. The van der Waals surface area contributed by atoms with Crippen LogP contribution < -0.4 is 5.32 Å². The SMILES string of the molecule is Cn1c(SCC(=O)Nc2nc3ccc(F)cc3s2)nnc1-c1cccnc1. The highest BCUT2D eigenvalue weighted by Crippen LogP contribution is 2.27. The topological polar surface area (TPSA) is 85.6 Å². The van der Waals surface area contributed by atoms with Gasteiger partial charge in [0.05, 0.1) is 16.0 Å². The van der Waals surface area contributed by atoms with Crippen LogP contribution in [-0.4, -0.2) is 36.4 Å². The van der Waals surface area contributed by atoms with E-state index in [0.29, 0.717) is 26.3 Å². The minimum Gasteiger partial charge on any atom is -0.305 e. The lowest BCUT2D eigenvalue weighted by Gasteiger charge is -2.03. The summed E-state index contributed by atoms with van der Waals surface area (Å²) in [6, 6.07) is 8.06. The summed E-state index contributed by atoms with van der Waals surface area (Å²) in [4.78, 5) is 20.6. The first kappa shape index (κ1) is 17.6. The molecule has 0 radical (unpaired) electrons. The van der Waals surface area contributed by atoms with Crippen LogP contribution in [0.3, 0.4) is 0 Å². The number of amides is 1. The monoisotopic (exact) mass is 400 g/mol. The van der Waals surface area contributed by atoms with E-state index in [4.69, 9.17) is 0 Å². The van der Waals surface area contributed by atoms with Crippen molar-refractivity contribution in [3.8, 4) is 11.4 Å². The predicted molar refractivity (Wildman–Crippen MR) is 103 cm³/mol. The van der Waals surface area contributed by atoms with Crippen molar-refractivity contribution in [2.45, 2.75) is 5.16 Å². The van der Waals surface area contributed by atoms with E-state index in [1.807, 2.05) is 23.7 Å². The summed E-state index contributed by atoms with van der Waals surface area (Å²) in [5, 5.41) is 12.1. The number of carbonyl (C=O) groups excluding carboxylic acids is 1. The van der Waals surface area contributed by atoms with Gasteiger partial charge in [-0.05, 0) is 30.3 Å². The zero-order valence-electron chi connectivity index (χ0n) is 14.1. The van der Waals surface area contributed by atoms with Crippen LogP contribution in [0.4, 0.5) is 9.52 Å². The number of thiazole rings is 1. The van der Waals surface area contributed by atoms with Gasteiger partial charge in [0.1, 0.15) is 5.82 Å². The number of rotatable bonds is 5. The molecular weight excluding hydrogens is 387 g/mol. The highest BCUT2D eigenvalue weighted by atomic mass is 32.2. The van der Waals surface area contributed by atoms with Crippen molar-refractivity contribution in [1.29, 1.82) is 0 Å². The highest BCUT2D eigenvalue weighted by Gasteiger charge is 2.14. The largest absolute Gasteiger partial charge is 0.305 e. The molecule has 1 N–H and O–H groups in total. The Bertz CT molecular complexity index is 1110. The van der Waals surface area contributed by atoms with E-state index in [1.54, 1.807) is 18.5 Å². The van der Waals surface area contributed by atoms with Crippen molar-refractivity contribution in [2.24, 2.45) is 7.05 Å². The Morgan fingerprint density at radius 2 is 2.22 bits per heavy atom. The number of hydrogen-bond acceptors (Lipinski definition) is 7. The Balaban J connectivity index is 1.41. The molecule has 1 aromatic carbocycles. The first-order chi connectivity index (χ1) is 13.1. The third-order valence-electron chi connectivity index (χ3n) is 3.68. The number of aromatic nitrogens is 5. The molecule has 136 valence electrons. The zero-order chi connectivity index (χ0) is 18.8. The fourth-order valence-corrected chi connectivity index (χ4v) is 4.04. The molecule has 4 aromatic rings. The maximum Gasteiger partial charge on any atom is 0.236 e. The van der Waals surface area contributed by atoms with Crippen molar-refractivity contribution < 1.29 is 9.18 Å². The fourth-order valence-electron chi connectivity index (χ4n) is 2.42. The van der Waals surface area contributed by atoms with E-state index in [2.05, 4.69) is 25.5 Å². The number of anilines is 1. The molecule has 0 aliphatic rings. The van der Waals surface area contributed by atoms with Crippen LogP contribution in [-0.2, 0) is 11.8 Å². The molecule has 0 saturated carbocycles. The van der Waals surface area contributed by atoms with Crippen molar-refractivity contribution in [2.75, 3.05) is 11.1 Å². The lowest BCUT2D eigenvalue weighted by Crippen LogP contribution is -2.14. The normalized spacial score (nSPS) is 11.0.